The van der Waals surface area contributed by atoms with E-state index in [0.717, 1.165) is 39.0 Å². The quantitative estimate of drug-likeness (QED) is 0.772. The lowest BCUT2D eigenvalue weighted by Gasteiger charge is -2.28. The van der Waals surface area contributed by atoms with Crippen LogP contribution in [0.4, 0.5) is 0 Å². The number of hydrogen-bond donors (Lipinski definition) is 1. The first-order valence-electron chi connectivity index (χ1n) is 6.89. The van der Waals surface area contributed by atoms with Gasteiger partial charge in [-0.25, -0.2) is 0 Å². The van der Waals surface area contributed by atoms with Crippen LogP contribution in [-0.2, 0) is 9.53 Å². The highest BCUT2D eigenvalue weighted by atomic mass is 16.5. The lowest BCUT2D eigenvalue weighted by Crippen LogP contribution is -2.43. The van der Waals surface area contributed by atoms with E-state index in [0.29, 0.717) is 30.3 Å². The zero-order chi connectivity index (χ0) is 11.8. The summed E-state index contributed by atoms with van der Waals surface area (Å²) in [7, 11) is 0. The van der Waals surface area contributed by atoms with Gasteiger partial charge in [0.15, 0.2) is 0 Å². The molecule has 4 unspecified atom stereocenters. The molecule has 0 saturated carbocycles. The Morgan fingerprint density at radius 3 is 3.12 bits per heavy atom. The molecule has 0 bridgehead atoms. The Hall–Kier alpha value is -0.610. The second kappa shape index (κ2) is 4.58. The van der Waals surface area contributed by atoms with E-state index in [2.05, 4.69) is 17.1 Å². The van der Waals surface area contributed by atoms with Gasteiger partial charge in [0.2, 0.25) is 5.91 Å². The molecule has 0 aromatic heterocycles. The second-order valence-electron chi connectivity index (χ2n) is 5.71. The van der Waals surface area contributed by atoms with E-state index < -0.39 is 0 Å². The molecule has 3 fully saturated rings. The van der Waals surface area contributed by atoms with Gasteiger partial charge in [0.25, 0.3) is 0 Å². The van der Waals surface area contributed by atoms with Gasteiger partial charge < -0.3 is 15.0 Å². The SMILES string of the molecule is CC1CC2CNCC2N1C(=O)CC1CCCO1. The average molecular weight is 238 g/mol. The molecule has 3 aliphatic heterocycles. The topological polar surface area (TPSA) is 41.6 Å². The molecule has 3 saturated heterocycles. The van der Waals surface area contributed by atoms with Crippen molar-refractivity contribution in [1.82, 2.24) is 10.2 Å². The normalized spacial score (nSPS) is 40.9. The van der Waals surface area contributed by atoms with Crippen molar-refractivity contribution in [2.75, 3.05) is 19.7 Å². The highest BCUT2D eigenvalue weighted by molar-refractivity contribution is 5.78. The Bertz CT molecular complexity index is 302. The van der Waals surface area contributed by atoms with Crippen LogP contribution in [-0.4, -0.2) is 48.7 Å². The van der Waals surface area contributed by atoms with Crippen molar-refractivity contribution < 1.29 is 9.53 Å². The summed E-state index contributed by atoms with van der Waals surface area (Å²) < 4.78 is 5.57. The monoisotopic (exact) mass is 238 g/mol. The van der Waals surface area contributed by atoms with Gasteiger partial charge in [-0.1, -0.05) is 0 Å². The number of rotatable bonds is 2. The minimum absolute atomic E-state index is 0.183. The Balaban J connectivity index is 1.63. The average Bonchev–Trinajstić information content (AvgIpc) is 2.93. The third-order valence-electron chi connectivity index (χ3n) is 4.49. The maximum absolute atomic E-state index is 12.4. The van der Waals surface area contributed by atoms with Crippen LogP contribution in [0.2, 0.25) is 0 Å². The van der Waals surface area contributed by atoms with E-state index in [1.54, 1.807) is 0 Å². The number of ether oxygens (including phenoxy) is 1. The molecule has 3 aliphatic rings. The molecule has 96 valence electrons. The number of nitrogens with one attached hydrogen (secondary N) is 1. The van der Waals surface area contributed by atoms with Crippen LogP contribution < -0.4 is 5.32 Å². The summed E-state index contributed by atoms with van der Waals surface area (Å²) in [6.07, 6.45) is 4.10. The van der Waals surface area contributed by atoms with E-state index >= 15 is 0 Å². The summed E-state index contributed by atoms with van der Waals surface area (Å²) in [5, 5.41) is 3.40. The highest BCUT2D eigenvalue weighted by Gasteiger charge is 2.44. The van der Waals surface area contributed by atoms with E-state index in [4.69, 9.17) is 4.74 Å². The van der Waals surface area contributed by atoms with Crippen molar-refractivity contribution in [3.63, 3.8) is 0 Å². The van der Waals surface area contributed by atoms with Gasteiger partial charge in [0.1, 0.15) is 0 Å². The summed E-state index contributed by atoms with van der Waals surface area (Å²) in [4.78, 5) is 14.5. The molecule has 0 radical (unpaired) electrons. The number of likely N-dealkylation sites (tertiary alicyclic amines) is 1. The van der Waals surface area contributed by atoms with Crippen molar-refractivity contribution in [3.05, 3.63) is 0 Å². The van der Waals surface area contributed by atoms with Crippen molar-refractivity contribution in [2.24, 2.45) is 5.92 Å². The summed E-state index contributed by atoms with van der Waals surface area (Å²) in [5.41, 5.74) is 0. The number of fused-ring (bicyclic) bond motifs is 1. The predicted molar refractivity (Wildman–Crippen MR) is 64.7 cm³/mol. The summed E-state index contributed by atoms with van der Waals surface area (Å²) >= 11 is 0. The smallest absolute Gasteiger partial charge is 0.225 e. The molecular formula is C13H22N2O2. The van der Waals surface area contributed by atoms with Crippen LogP contribution in [0, 0.1) is 5.92 Å². The molecule has 17 heavy (non-hydrogen) atoms. The molecule has 4 heteroatoms. The van der Waals surface area contributed by atoms with Crippen molar-refractivity contribution >= 4 is 5.91 Å². The van der Waals surface area contributed by atoms with Gasteiger partial charge in [-0.15, -0.1) is 0 Å². The van der Waals surface area contributed by atoms with Gasteiger partial charge in [-0.05, 0) is 32.1 Å². The maximum Gasteiger partial charge on any atom is 0.225 e. The van der Waals surface area contributed by atoms with E-state index in [9.17, 15) is 4.79 Å². The molecule has 4 atom stereocenters. The Labute approximate surface area is 103 Å². The molecule has 0 aliphatic carbocycles. The number of hydrogen-bond acceptors (Lipinski definition) is 3. The van der Waals surface area contributed by atoms with Crippen molar-refractivity contribution in [3.8, 4) is 0 Å². The van der Waals surface area contributed by atoms with Gasteiger partial charge in [0.05, 0.1) is 12.5 Å². The molecule has 1 amide bonds. The summed E-state index contributed by atoms with van der Waals surface area (Å²) in [5.74, 6) is 0.985. The summed E-state index contributed by atoms with van der Waals surface area (Å²) in [6.45, 7) is 5.08. The molecule has 3 rings (SSSR count). The molecular weight excluding hydrogens is 216 g/mol. The minimum atomic E-state index is 0.183. The Morgan fingerprint density at radius 2 is 2.35 bits per heavy atom. The summed E-state index contributed by atoms with van der Waals surface area (Å²) in [6, 6.07) is 0.861. The first-order valence-corrected chi connectivity index (χ1v) is 6.89. The van der Waals surface area contributed by atoms with Gasteiger partial charge in [-0.3, -0.25) is 4.79 Å². The molecule has 0 spiro atoms. The van der Waals surface area contributed by atoms with Crippen LogP contribution in [0.5, 0.6) is 0 Å². The largest absolute Gasteiger partial charge is 0.378 e. The van der Waals surface area contributed by atoms with Gasteiger partial charge >= 0.3 is 0 Å². The number of nitrogens with zero attached hydrogens (tertiary/aromatic N) is 1. The lowest BCUT2D eigenvalue weighted by molar-refractivity contribution is -0.136. The second-order valence-corrected chi connectivity index (χ2v) is 5.71. The Morgan fingerprint density at radius 1 is 1.47 bits per heavy atom. The van der Waals surface area contributed by atoms with E-state index in [1.165, 1.54) is 0 Å². The molecule has 4 nitrogen and oxygen atoms in total. The number of carbonyl (C=O) groups excluding carboxylic acids is 1. The zero-order valence-electron chi connectivity index (χ0n) is 10.5. The molecule has 1 N–H and O–H groups in total. The Kier molecular flexibility index (Phi) is 3.09. The van der Waals surface area contributed by atoms with E-state index in [1.807, 2.05) is 0 Å². The maximum atomic E-state index is 12.4. The van der Waals surface area contributed by atoms with Crippen LogP contribution in [0.3, 0.4) is 0 Å². The van der Waals surface area contributed by atoms with Crippen molar-refractivity contribution in [2.45, 2.75) is 50.8 Å². The fourth-order valence-corrected chi connectivity index (χ4v) is 3.70. The third-order valence-corrected chi connectivity index (χ3v) is 4.49. The van der Waals surface area contributed by atoms with E-state index in [-0.39, 0.29) is 6.10 Å². The fraction of sp³-hybridized carbons (Fsp3) is 0.923. The van der Waals surface area contributed by atoms with Crippen LogP contribution in [0.25, 0.3) is 0 Å². The third kappa shape index (κ3) is 2.08. The van der Waals surface area contributed by atoms with Crippen LogP contribution >= 0.6 is 0 Å². The van der Waals surface area contributed by atoms with Gasteiger partial charge in [-0.2, -0.15) is 0 Å². The van der Waals surface area contributed by atoms with Crippen LogP contribution in [0.15, 0.2) is 0 Å². The fourth-order valence-electron chi connectivity index (χ4n) is 3.70. The predicted octanol–water partition coefficient (Wildman–Crippen LogP) is 0.764. The molecule has 0 aromatic carbocycles. The number of carbonyl (C=O) groups is 1. The van der Waals surface area contributed by atoms with Crippen LogP contribution in [0.1, 0.15) is 32.6 Å². The number of amides is 1. The highest BCUT2D eigenvalue weighted by Crippen LogP contribution is 2.33. The standard InChI is InChI=1S/C13H22N2O2/c1-9-5-10-7-14-8-12(10)15(9)13(16)6-11-3-2-4-17-11/h9-12,14H,2-8H2,1H3. The molecule has 3 heterocycles. The minimum Gasteiger partial charge on any atom is -0.378 e. The zero-order valence-corrected chi connectivity index (χ0v) is 10.5. The van der Waals surface area contributed by atoms with Crippen molar-refractivity contribution in [1.29, 1.82) is 0 Å². The first-order chi connectivity index (χ1) is 8.25. The lowest BCUT2D eigenvalue weighted by atomic mass is 10.0. The molecule has 0 aromatic rings. The first kappa shape index (κ1) is 11.5. The van der Waals surface area contributed by atoms with Gasteiger partial charge in [0, 0.05) is 31.8 Å².